The molecule has 0 radical (unpaired) electrons. The largest absolute Gasteiger partial charge is 0.497 e. The second-order valence-corrected chi connectivity index (χ2v) is 5.22. The minimum atomic E-state index is 0.221. The lowest BCUT2D eigenvalue weighted by molar-refractivity contribution is 0.129. The number of benzene rings is 1. The first-order valence-electron chi connectivity index (χ1n) is 7.45. The third-order valence-electron chi connectivity index (χ3n) is 3.93. The molecule has 0 spiro atoms. The van der Waals surface area contributed by atoms with Crippen molar-refractivity contribution in [3.63, 3.8) is 0 Å². The molecule has 20 heavy (non-hydrogen) atoms. The molecule has 4 nitrogen and oxygen atoms in total. The van der Waals surface area contributed by atoms with E-state index >= 15 is 0 Å². The van der Waals surface area contributed by atoms with Crippen molar-refractivity contribution in [2.75, 3.05) is 33.4 Å². The molecule has 0 amide bonds. The number of aliphatic hydroxyl groups excluding tert-OH is 1. The lowest BCUT2D eigenvalue weighted by Crippen LogP contribution is -2.38. The van der Waals surface area contributed by atoms with Crippen LogP contribution in [-0.4, -0.2) is 49.5 Å². The standard InChI is InChI=1S/C16H25NO3/c1-19-15-6-8-16(9-7-15)20-13-11-17(10-12-18)14-4-2-3-5-14/h6-9,14,18H,2-5,10-13H2,1H3. The quantitative estimate of drug-likeness (QED) is 0.793. The Kier molecular flexibility index (Phi) is 6.15. The molecule has 0 bridgehead atoms. The van der Waals surface area contributed by atoms with Crippen LogP contribution in [0.1, 0.15) is 25.7 Å². The Hall–Kier alpha value is -1.26. The summed E-state index contributed by atoms with van der Waals surface area (Å²) in [5.41, 5.74) is 0. The van der Waals surface area contributed by atoms with Gasteiger partial charge in [-0.2, -0.15) is 0 Å². The zero-order valence-electron chi connectivity index (χ0n) is 12.3. The van der Waals surface area contributed by atoms with Crippen molar-refractivity contribution in [1.29, 1.82) is 0 Å². The van der Waals surface area contributed by atoms with Gasteiger partial charge in [0.2, 0.25) is 0 Å². The van der Waals surface area contributed by atoms with Crippen LogP contribution in [0.15, 0.2) is 24.3 Å². The van der Waals surface area contributed by atoms with Gasteiger partial charge in [-0.1, -0.05) is 12.8 Å². The fraction of sp³-hybridized carbons (Fsp3) is 0.625. The molecule has 1 fully saturated rings. The van der Waals surface area contributed by atoms with E-state index in [1.807, 2.05) is 24.3 Å². The molecule has 1 aliphatic carbocycles. The van der Waals surface area contributed by atoms with E-state index in [0.29, 0.717) is 12.6 Å². The van der Waals surface area contributed by atoms with Gasteiger partial charge in [-0.25, -0.2) is 0 Å². The highest BCUT2D eigenvalue weighted by Gasteiger charge is 2.21. The number of ether oxygens (including phenoxy) is 2. The number of hydrogen-bond acceptors (Lipinski definition) is 4. The van der Waals surface area contributed by atoms with Crippen molar-refractivity contribution in [2.45, 2.75) is 31.7 Å². The van der Waals surface area contributed by atoms with E-state index in [1.165, 1.54) is 25.7 Å². The minimum absolute atomic E-state index is 0.221. The van der Waals surface area contributed by atoms with Crippen LogP contribution >= 0.6 is 0 Å². The molecule has 0 unspecified atom stereocenters. The lowest BCUT2D eigenvalue weighted by Gasteiger charge is -2.27. The highest BCUT2D eigenvalue weighted by Crippen LogP contribution is 2.23. The van der Waals surface area contributed by atoms with Gasteiger partial charge in [0.25, 0.3) is 0 Å². The Morgan fingerprint density at radius 3 is 2.35 bits per heavy atom. The molecule has 4 heteroatoms. The van der Waals surface area contributed by atoms with E-state index < -0.39 is 0 Å². The van der Waals surface area contributed by atoms with Crippen molar-refractivity contribution in [1.82, 2.24) is 4.90 Å². The summed E-state index contributed by atoms with van der Waals surface area (Å²) in [4.78, 5) is 2.36. The summed E-state index contributed by atoms with van der Waals surface area (Å²) in [5.74, 6) is 1.70. The number of methoxy groups -OCH3 is 1. The molecular formula is C16H25NO3. The summed E-state index contributed by atoms with van der Waals surface area (Å²) in [7, 11) is 1.66. The maximum atomic E-state index is 9.17. The van der Waals surface area contributed by atoms with E-state index in [9.17, 15) is 5.11 Å². The highest BCUT2D eigenvalue weighted by atomic mass is 16.5. The molecule has 1 N–H and O–H groups in total. The summed E-state index contributed by atoms with van der Waals surface area (Å²) in [5, 5.41) is 9.17. The van der Waals surface area contributed by atoms with Gasteiger partial charge in [0.05, 0.1) is 13.7 Å². The van der Waals surface area contributed by atoms with E-state index in [4.69, 9.17) is 9.47 Å². The van der Waals surface area contributed by atoms with Gasteiger partial charge in [0.1, 0.15) is 18.1 Å². The van der Waals surface area contributed by atoms with Gasteiger partial charge in [0, 0.05) is 19.1 Å². The molecule has 1 aliphatic rings. The molecule has 0 aliphatic heterocycles. The monoisotopic (exact) mass is 279 g/mol. The van der Waals surface area contributed by atoms with E-state index in [1.54, 1.807) is 7.11 Å². The SMILES string of the molecule is COc1ccc(OCCN(CCO)C2CCCC2)cc1. The first-order valence-corrected chi connectivity index (χ1v) is 7.45. The number of aliphatic hydroxyl groups is 1. The van der Waals surface area contributed by atoms with Gasteiger partial charge >= 0.3 is 0 Å². The molecule has 1 aromatic carbocycles. The summed E-state index contributed by atoms with van der Waals surface area (Å²) in [6.07, 6.45) is 5.13. The first kappa shape index (κ1) is 15.1. The van der Waals surface area contributed by atoms with Gasteiger partial charge in [0.15, 0.2) is 0 Å². The maximum Gasteiger partial charge on any atom is 0.119 e. The fourth-order valence-corrected chi connectivity index (χ4v) is 2.83. The minimum Gasteiger partial charge on any atom is -0.497 e. The predicted molar refractivity (Wildman–Crippen MR) is 79.4 cm³/mol. The summed E-state index contributed by atoms with van der Waals surface area (Å²) in [6, 6.07) is 8.27. The average molecular weight is 279 g/mol. The van der Waals surface area contributed by atoms with Crippen LogP contribution in [0.2, 0.25) is 0 Å². The van der Waals surface area contributed by atoms with Crippen molar-refractivity contribution in [3.8, 4) is 11.5 Å². The third-order valence-corrected chi connectivity index (χ3v) is 3.93. The van der Waals surface area contributed by atoms with Crippen LogP contribution in [0.5, 0.6) is 11.5 Å². The van der Waals surface area contributed by atoms with E-state index in [2.05, 4.69) is 4.90 Å². The maximum absolute atomic E-state index is 9.17. The zero-order chi connectivity index (χ0) is 14.2. The second kappa shape index (κ2) is 8.12. The summed E-state index contributed by atoms with van der Waals surface area (Å²) in [6.45, 7) is 2.50. The van der Waals surface area contributed by atoms with Crippen molar-refractivity contribution >= 4 is 0 Å². The van der Waals surface area contributed by atoms with E-state index in [0.717, 1.165) is 24.6 Å². The Bertz CT molecular complexity index is 374. The Labute approximate surface area is 121 Å². The molecular weight excluding hydrogens is 254 g/mol. The topological polar surface area (TPSA) is 41.9 Å². The summed E-state index contributed by atoms with van der Waals surface area (Å²) < 4.78 is 10.9. The van der Waals surface area contributed by atoms with Crippen LogP contribution in [0.25, 0.3) is 0 Å². The molecule has 1 saturated carbocycles. The van der Waals surface area contributed by atoms with Crippen molar-refractivity contribution < 1.29 is 14.6 Å². The molecule has 112 valence electrons. The molecule has 0 saturated heterocycles. The smallest absolute Gasteiger partial charge is 0.119 e. The van der Waals surface area contributed by atoms with Gasteiger partial charge in [-0.3, -0.25) is 4.90 Å². The van der Waals surface area contributed by atoms with Crippen LogP contribution < -0.4 is 9.47 Å². The number of rotatable bonds is 8. The lowest BCUT2D eigenvalue weighted by atomic mass is 10.2. The number of nitrogens with zero attached hydrogens (tertiary/aromatic N) is 1. The normalized spacial score (nSPS) is 15.8. The van der Waals surface area contributed by atoms with Gasteiger partial charge < -0.3 is 14.6 Å². The Morgan fingerprint density at radius 1 is 1.10 bits per heavy atom. The molecule has 1 aromatic rings. The fourth-order valence-electron chi connectivity index (χ4n) is 2.83. The molecule has 0 aromatic heterocycles. The van der Waals surface area contributed by atoms with Crippen LogP contribution in [0.4, 0.5) is 0 Å². The third kappa shape index (κ3) is 4.39. The van der Waals surface area contributed by atoms with Crippen molar-refractivity contribution in [3.05, 3.63) is 24.3 Å². The molecule has 0 atom stereocenters. The number of hydrogen-bond donors (Lipinski definition) is 1. The highest BCUT2D eigenvalue weighted by molar-refractivity contribution is 5.31. The zero-order valence-corrected chi connectivity index (χ0v) is 12.3. The van der Waals surface area contributed by atoms with Crippen molar-refractivity contribution in [2.24, 2.45) is 0 Å². The molecule has 2 rings (SSSR count). The average Bonchev–Trinajstić information content (AvgIpc) is 3.01. The van der Waals surface area contributed by atoms with Gasteiger partial charge in [-0.05, 0) is 37.1 Å². The van der Waals surface area contributed by atoms with E-state index in [-0.39, 0.29) is 6.61 Å². The van der Waals surface area contributed by atoms with Crippen LogP contribution in [0.3, 0.4) is 0 Å². The Balaban J connectivity index is 1.76. The van der Waals surface area contributed by atoms with Crippen LogP contribution in [-0.2, 0) is 0 Å². The second-order valence-electron chi connectivity index (χ2n) is 5.22. The molecule has 0 heterocycles. The van der Waals surface area contributed by atoms with Gasteiger partial charge in [-0.15, -0.1) is 0 Å². The Morgan fingerprint density at radius 2 is 1.75 bits per heavy atom. The summed E-state index contributed by atoms with van der Waals surface area (Å²) >= 11 is 0. The first-order chi connectivity index (χ1) is 9.83. The van der Waals surface area contributed by atoms with Crippen LogP contribution in [0, 0.1) is 0 Å². The predicted octanol–water partition coefficient (Wildman–Crippen LogP) is 2.31.